The minimum atomic E-state index is -0.343. The van der Waals surface area contributed by atoms with Crippen LogP contribution in [0.25, 0.3) is 28.2 Å². The number of nitrogens with zero attached hydrogens (tertiary/aromatic N) is 5. The maximum absolute atomic E-state index is 13.1. The van der Waals surface area contributed by atoms with Crippen LogP contribution in [0.15, 0.2) is 46.1 Å². The SMILES string of the molecule is Cn1c(=O)c2c(nc3n(CC45CC6CC(CC(C6)C4)C5)c(-c4ccccc4)cn23)n(C)c1=O. The standard InChI is InChI=1S/C26H29N5O2/c1-28-22-21(23(32)29(2)25(28)33)30-14-20(19-6-4-3-5-7-19)31(24(30)27-22)15-26-11-16-8-17(12-26)10-18(9-16)13-26/h3-7,14,16-18H,8-13,15H2,1-2H3. The summed E-state index contributed by atoms with van der Waals surface area (Å²) < 4.78 is 6.92. The van der Waals surface area contributed by atoms with Gasteiger partial charge in [-0.3, -0.25) is 18.3 Å². The van der Waals surface area contributed by atoms with Crippen LogP contribution in [0.4, 0.5) is 0 Å². The monoisotopic (exact) mass is 443 g/mol. The van der Waals surface area contributed by atoms with E-state index in [2.05, 4.69) is 28.8 Å². The second kappa shape index (κ2) is 6.49. The highest BCUT2D eigenvalue weighted by molar-refractivity contribution is 5.78. The molecule has 0 radical (unpaired) electrons. The van der Waals surface area contributed by atoms with Crippen LogP contribution in [-0.4, -0.2) is 23.1 Å². The minimum absolute atomic E-state index is 0.299. The van der Waals surface area contributed by atoms with Gasteiger partial charge in [0.25, 0.3) is 5.56 Å². The van der Waals surface area contributed by atoms with E-state index in [-0.39, 0.29) is 11.2 Å². The third-order valence-electron chi connectivity index (χ3n) is 8.78. The third-order valence-corrected chi connectivity index (χ3v) is 8.78. The van der Waals surface area contributed by atoms with E-state index in [1.807, 2.05) is 16.7 Å². The second-order valence-corrected chi connectivity index (χ2v) is 11.0. The van der Waals surface area contributed by atoms with E-state index in [4.69, 9.17) is 4.98 Å². The van der Waals surface area contributed by atoms with E-state index >= 15 is 0 Å². The lowest BCUT2D eigenvalue weighted by Gasteiger charge is -2.57. The highest BCUT2D eigenvalue weighted by Gasteiger charge is 2.51. The van der Waals surface area contributed by atoms with Crippen molar-refractivity contribution < 1.29 is 0 Å². The highest BCUT2D eigenvalue weighted by Crippen LogP contribution is 2.60. The summed E-state index contributed by atoms with van der Waals surface area (Å²) in [5.41, 5.74) is 2.81. The van der Waals surface area contributed by atoms with Crippen molar-refractivity contribution in [1.82, 2.24) is 23.1 Å². The zero-order valence-electron chi connectivity index (χ0n) is 19.2. The van der Waals surface area contributed by atoms with Crippen molar-refractivity contribution in [1.29, 1.82) is 0 Å². The Morgan fingerprint density at radius 2 is 1.58 bits per heavy atom. The predicted molar refractivity (Wildman–Crippen MR) is 127 cm³/mol. The van der Waals surface area contributed by atoms with Crippen LogP contribution < -0.4 is 11.2 Å². The van der Waals surface area contributed by atoms with Crippen LogP contribution in [-0.2, 0) is 20.6 Å². The number of fused-ring (bicyclic) bond motifs is 3. The molecule has 4 aromatic rings. The van der Waals surface area contributed by atoms with Crippen molar-refractivity contribution in [2.75, 3.05) is 0 Å². The van der Waals surface area contributed by atoms with Gasteiger partial charge in [0.2, 0.25) is 5.78 Å². The Kier molecular flexibility index (Phi) is 3.81. The van der Waals surface area contributed by atoms with Gasteiger partial charge in [0, 0.05) is 26.8 Å². The molecule has 3 aromatic heterocycles. The molecule has 3 heterocycles. The molecule has 0 atom stereocenters. The van der Waals surface area contributed by atoms with Gasteiger partial charge >= 0.3 is 5.69 Å². The zero-order valence-corrected chi connectivity index (χ0v) is 19.2. The number of hydrogen-bond donors (Lipinski definition) is 0. The maximum atomic E-state index is 13.1. The minimum Gasteiger partial charge on any atom is -0.309 e. The topological polar surface area (TPSA) is 66.2 Å². The molecule has 0 amide bonds. The lowest BCUT2D eigenvalue weighted by molar-refractivity contribution is -0.0612. The van der Waals surface area contributed by atoms with Crippen molar-refractivity contribution >= 4 is 16.9 Å². The fourth-order valence-electron chi connectivity index (χ4n) is 7.83. The third kappa shape index (κ3) is 2.65. The molecule has 4 fully saturated rings. The molecule has 4 aliphatic carbocycles. The van der Waals surface area contributed by atoms with Gasteiger partial charge in [0.1, 0.15) is 0 Å². The molecule has 7 heteroatoms. The highest BCUT2D eigenvalue weighted by atomic mass is 16.2. The largest absolute Gasteiger partial charge is 0.332 e. The number of imidazole rings is 2. The Hall–Kier alpha value is -3.09. The van der Waals surface area contributed by atoms with Crippen LogP contribution >= 0.6 is 0 Å². The molecule has 1 aromatic carbocycles. The molecule has 0 unspecified atom stereocenters. The fourth-order valence-corrected chi connectivity index (χ4v) is 7.83. The average molecular weight is 444 g/mol. The van der Waals surface area contributed by atoms with E-state index in [9.17, 15) is 9.59 Å². The molecule has 4 aliphatic rings. The van der Waals surface area contributed by atoms with Gasteiger partial charge in [0.15, 0.2) is 11.2 Å². The van der Waals surface area contributed by atoms with Gasteiger partial charge in [0.05, 0.1) is 5.69 Å². The number of aromatic nitrogens is 5. The van der Waals surface area contributed by atoms with E-state index in [0.29, 0.717) is 16.6 Å². The summed E-state index contributed by atoms with van der Waals surface area (Å²) in [5.74, 6) is 3.37. The molecular formula is C26H29N5O2. The smallest absolute Gasteiger partial charge is 0.309 e. The average Bonchev–Trinajstić information content (AvgIpc) is 3.33. The predicted octanol–water partition coefficient (Wildman–Crippen LogP) is 3.57. The van der Waals surface area contributed by atoms with E-state index in [0.717, 1.165) is 41.3 Å². The fraction of sp³-hybridized carbons (Fsp3) is 0.500. The van der Waals surface area contributed by atoms with Crippen LogP contribution in [0.5, 0.6) is 0 Å². The Morgan fingerprint density at radius 3 is 2.21 bits per heavy atom. The number of rotatable bonds is 3. The van der Waals surface area contributed by atoms with Gasteiger partial charge < -0.3 is 4.57 Å². The Balaban J connectivity index is 1.49. The quantitative estimate of drug-likeness (QED) is 0.486. The summed E-state index contributed by atoms with van der Waals surface area (Å²) in [6.45, 7) is 0.925. The van der Waals surface area contributed by atoms with Crippen molar-refractivity contribution in [2.45, 2.75) is 45.1 Å². The molecule has 0 N–H and O–H groups in total. The lowest BCUT2D eigenvalue weighted by Crippen LogP contribution is -2.48. The summed E-state index contributed by atoms with van der Waals surface area (Å²) in [5, 5.41) is 0. The van der Waals surface area contributed by atoms with Gasteiger partial charge in [-0.15, -0.1) is 0 Å². The second-order valence-electron chi connectivity index (χ2n) is 11.0. The van der Waals surface area contributed by atoms with E-state index in [1.54, 1.807) is 7.05 Å². The Morgan fingerprint density at radius 1 is 0.939 bits per heavy atom. The van der Waals surface area contributed by atoms with Crippen LogP contribution in [0.2, 0.25) is 0 Å². The van der Waals surface area contributed by atoms with Crippen LogP contribution in [0, 0.1) is 23.2 Å². The van der Waals surface area contributed by atoms with Crippen molar-refractivity contribution in [3.05, 3.63) is 57.4 Å². The number of hydrogen-bond acceptors (Lipinski definition) is 3. The Bertz CT molecular complexity index is 1500. The van der Waals surface area contributed by atoms with Crippen molar-refractivity contribution in [3.8, 4) is 11.3 Å². The van der Waals surface area contributed by atoms with Gasteiger partial charge in [-0.05, 0) is 67.3 Å². The lowest BCUT2D eigenvalue weighted by atomic mass is 9.49. The van der Waals surface area contributed by atoms with Crippen molar-refractivity contribution in [2.24, 2.45) is 37.3 Å². The molecule has 33 heavy (non-hydrogen) atoms. The molecule has 4 saturated carbocycles. The first-order valence-electron chi connectivity index (χ1n) is 12.2. The summed E-state index contributed by atoms with van der Waals surface area (Å²) in [6.07, 6.45) is 10.2. The molecule has 0 spiro atoms. The normalized spacial score (nSPS) is 28.4. The summed E-state index contributed by atoms with van der Waals surface area (Å²) in [6, 6.07) is 10.4. The molecular weight excluding hydrogens is 414 g/mol. The molecule has 170 valence electrons. The molecule has 0 aliphatic heterocycles. The number of aryl methyl sites for hydroxylation is 1. The molecule has 8 rings (SSSR count). The molecule has 7 nitrogen and oxygen atoms in total. The summed E-state index contributed by atoms with van der Waals surface area (Å²) in [7, 11) is 3.23. The van der Waals surface area contributed by atoms with E-state index in [1.165, 1.54) is 54.7 Å². The van der Waals surface area contributed by atoms with Crippen LogP contribution in [0.3, 0.4) is 0 Å². The molecule has 4 bridgehead atoms. The number of benzene rings is 1. The van der Waals surface area contributed by atoms with E-state index < -0.39 is 0 Å². The molecule has 0 saturated heterocycles. The Labute approximate surface area is 191 Å². The maximum Gasteiger partial charge on any atom is 0.332 e. The van der Waals surface area contributed by atoms with Gasteiger partial charge in [-0.25, -0.2) is 4.79 Å². The first kappa shape index (κ1) is 19.4. The zero-order chi connectivity index (χ0) is 22.5. The van der Waals surface area contributed by atoms with Gasteiger partial charge in [-0.1, -0.05) is 30.3 Å². The summed E-state index contributed by atoms with van der Waals surface area (Å²) in [4.78, 5) is 30.6. The van der Waals surface area contributed by atoms with Crippen molar-refractivity contribution in [3.63, 3.8) is 0 Å². The first-order valence-corrected chi connectivity index (χ1v) is 12.2. The van der Waals surface area contributed by atoms with Gasteiger partial charge in [-0.2, -0.15) is 4.98 Å². The van der Waals surface area contributed by atoms with Crippen LogP contribution in [0.1, 0.15) is 38.5 Å². The first-order chi connectivity index (χ1) is 15.9. The summed E-state index contributed by atoms with van der Waals surface area (Å²) >= 11 is 0.